The molecule has 0 fully saturated rings. The minimum absolute atomic E-state index is 0.142. The Bertz CT molecular complexity index is 503. The number of nitrogens with zero attached hydrogens (tertiary/aromatic N) is 1. The number of hydrogen-bond donors (Lipinski definition) is 1. The van der Waals surface area contributed by atoms with Crippen molar-refractivity contribution in [3.63, 3.8) is 0 Å². The Morgan fingerprint density at radius 2 is 2.06 bits per heavy atom. The number of rotatable bonds is 6. The van der Waals surface area contributed by atoms with E-state index in [1.54, 1.807) is 6.07 Å². The maximum atomic E-state index is 11.9. The van der Waals surface area contributed by atoms with Gasteiger partial charge in [-0.2, -0.15) is 0 Å². The molecule has 2 N–H and O–H groups in total. The van der Waals surface area contributed by atoms with Crippen LogP contribution in [0.2, 0.25) is 5.02 Å². The molecular weight excluding hydrogens is 276 g/mol. The van der Waals surface area contributed by atoms with Gasteiger partial charge in [0.2, 0.25) is 10.0 Å². The van der Waals surface area contributed by atoms with Gasteiger partial charge in [-0.3, -0.25) is 0 Å². The van der Waals surface area contributed by atoms with E-state index in [2.05, 4.69) is 0 Å². The first-order chi connectivity index (χ1) is 8.39. The molecule has 1 aromatic rings. The van der Waals surface area contributed by atoms with Gasteiger partial charge in [0.25, 0.3) is 0 Å². The van der Waals surface area contributed by atoms with Crippen molar-refractivity contribution in [2.75, 3.05) is 27.2 Å². The van der Waals surface area contributed by atoms with E-state index in [4.69, 9.17) is 22.1 Å². The molecule has 102 valence electrons. The van der Waals surface area contributed by atoms with E-state index in [0.717, 1.165) is 4.31 Å². The van der Waals surface area contributed by atoms with Crippen molar-refractivity contribution in [3.05, 3.63) is 23.2 Å². The van der Waals surface area contributed by atoms with Crippen molar-refractivity contribution in [1.82, 2.24) is 4.31 Å². The summed E-state index contributed by atoms with van der Waals surface area (Å²) in [6.07, 6.45) is 0.716. The second-order valence-electron chi connectivity index (χ2n) is 3.87. The third-order valence-corrected chi connectivity index (χ3v) is 4.39. The van der Waals surface area contributed by atoms with E-state index in [9.17, 15) is 8.42 Å². The van der Waals surface area contributed by atoms with Crippen LogP contribution in [-0.2, 0) is 10.0 Å². The second-order valence-corrected chi connectivity index (χ2v) is 6.43. The monoisotopic (exact) mass is 292 g/mol. The minimum atomic E-state index is -3.47. The van der Waals surface area contributed by atoms with E-state index in [-0.39, 0.29) is 9.92 Å². The number of nitrogens with two attached hydrogens (primary N) is 1. The predicted octanol–water partition coefficient (Wildman–Crippen LogP) is 1.32. The van der Waals surface area contributed by atoms with Gasteiger partial charge in [-0.1, -0.05) is 11.6 Å². The molecule has 0 aliphatic rings. The lowest BCUT2D eigenvalue weighted by molar-refractivity contribution is 0.313. The molecule has 7 heteroatoms. The predicted molar refractivity (Wildman–Crippen MR) is 71.5 cm³/mol. The van der Waals surface area contributed by atoms with Crippen LogP contribution < -0.4 is 10.5 Å². The molecule has 0 spiro atoms. The van der Waals surface area contributed by atoms with Gasteiger partial charge in [-0.05, 0) is 31.2 Å². The summed E-state index contributed by atoms with van der Waals surface area (Å²) in [6, 6.07) is 4.41. The Balaban J connectivity index is 2.93. The third-order valence-electron chi connectivity index (χ3n) is 2.29. The van der Waals surface area contributed by atoms with E-state index in [1.165, 1.54) is 26.2 Å². The first-order valence-corrected chi connectivity index (χ1v) is 7.26. The second kappa shape index (κ2) is 6.38. The van der Waals surface area contributed by atoms with Crippen LogP contribution in [-0.4, -0.2) is 40.0 Å². The zero-order valence-corrected chi connectivity index (χ0v) is 12.0. The molecule has 1 rings (SSSR count). The van der Waals surface area contributed by atoms with Gasteiger partial charge in [0.15, 0.2) is 0 Å². The van der Waals surface area contributed by atoms with Crippen LogP contribution in [0.4, 0.5) is 0 Å². The van der Waals surface area contributed by atoms with E-state index in [1.807, 2.05) is 0 Å². The lowest BCUT2D eigenvalue weighted by atomic mass is 10.3. The Morgan fingerprint density at radius 1 is 1.39 bits per heavy atom. The first-order valence-electron chi connectivity index (χ1n) is 5.44. The Kier molecular flexibility index (Phi) is 5.40. The highest BCUT2D eigenvalue weighted by molar-refractivity contribution is 7.89. The van der Waals surface area contributed by atoms with Gasteiger partial charge in [-0.25, -0.2) is 12.7 Å². The molecule has 18 heavy (non-hydrogen) atoms. The highest BCUT2D eigenvalue weighted by Crippen LogP contribution is 2.28. The fraction of sp³-hybridized carbons (Fsp3) is 0.455. The quantitative estimate of drug-likeness (QED) is 0.803. The topological polar surface area (TPSA) is 72.6 Å². The summed E-state index contributed by atoms with van der Waals surface area (Å²) < 4.78 is 30.2. The first kappa shape index (κ1) is 15.2. The van der Waals surface area contributed by atoms with Crippen molar-refractivity contribution < 1.29 is 13.2 Å². The highest BCUT2D eigenvalue weighted by Gasteiger charge is 2.18. The van der Waals surface area contributed by atoms with Gasteiger partial charge < -0.3 is 10.5 Å². The molecule has 0 amide bonds. The summed E-state index contributed by atoms with van der Waals surface area (Å²) in [4.78, 5) is 0.142. The average Bonchev–Trinajstić information content (AvgIpc) is 2.31. The largest absolute Gasteiger partial charge is 0.492 e. The SMILES string of the molecule is CN(C)S(=O)(=O)c1ccc(OCCCN)c(Cl)c1. The standard InChI is InChI=1S/C11H17ClN2O3S/c1-14(2)18(15,16)9-4-5-11(10(12)8-9)17-7-3-6-13/h4-5,8H,3,6-7,13H2,1-2H3. The van der Waals surface area contributed by atoms with Gasteiger partial charge in [0, 0.05) is 14.1 Å². The van der Waals surface area contributed by atoms with Crippen LogP contribution in [0.15, 0.2) is 23.1 Å². The van der Waals surface area contributed by atoms with Crippen LogP contribution in [0.3, 0.4) is 0 Å². The summed E-state index contributed by atoms with van der Waals surface area (Å²) in [5, 5.41) is 0.273. The van der Waals surface area contributed by atoms with E-state index in [0.29, 0.717) is 25.3 Å². The summed E-state index contributed by atoms with van der Waals surface area (Å²) in [7, 11) is -0.534. The molecule has 0 atom stereocenters. The maximum Gasteiger partial charge on any atom is 0.242 e. The molecule has 0 radical (unpaired) electrons. The molecule has 0 aliphatic carbocycles. The normalized spacial score (nSPS) is 11.8. The highest BCUT2D eigenvalue weighted by atomic mass is 35.5. The van der Waals surface area contributed by atoms with Crippen molar-refractivity contribution in [2.45, 2.75) is 11.3 Å². The molecule has 0 saturated heterocycles. The summed E-state index contributed by atoms with van der Waals surface area (Å²) >= 11 is 5.98. The molecule has 0 bridgehead atoms. The number of hydrogen-bond acceptors (Lipinski definition) is 4. The molecule has 0 unspecified atom stereocenters. The molecule has 1 aromatic carbocycles. The number of ether oxygens (including phenoxy) is 1. The molecule has 0 saturated carbocycles. The fourth-order valence-electron chi connectivity index (χ4n) is 1.24. The fourth-order valence-corrected chi connectivity index (χ4v) is 2.46. The molecular formula is C11H17ClN2O3S. The zero-order chi connectivity index (χ0) is 13.8. The lowest BCUT2D eigenvalue weighted by Gasteiger charge is -2.13. The van der Waals surface area contributed by atoms with Crippen LogP contribution in [0.5, 0.6) is 5.75 Å². The summed E-state index contributed by atoms with van der Waals surface area (Å²) in [6.45, 7) is 0.987. The molecule has 0 aliphatic heterocycles. The van der Waals surface area contributed by atoms with Crippen LogP contribution >= 0.6 is 11.6 Å². The Labute approximate surface area is 113 Å². The summed E-state index contributed by atoms with van der Waals surface area (Å²) in [5.74, 6) is 0.461. The minimum Gasteiger partial charge on any atom is -0.492 e. The van der Waals surface area contributed by atoms with Gasteiger partial charge in [-0.15, -0.1) is 0 Å². The van der Waals surface area contributed by atoms with Crippen LogP contribution in [0.25, 0.3) is 0 Å². The van der Waals surface area contributed by atoms with Crippen LogP contribution in [0, 0.1) is 0 Å². The number of halogens is 1. The molecule has 0 heterocycles. The van der Waals surface area contributed by atoms with Gasteiger partial charge in [0.05, 0.1) is 16.5 Å². The smallest absolute Gasteiger partial charge is 0.242 e. The van der Waals surface area contributed by atoms with Crippen molar-refractivity contribution >= 4 is 21.6 Å². The lowest BCUT2D eigenvalue weighted by Crippen LogP contribution is -2.22. The van der Waals surface area contributed by atoms with Crippen molar-refractivity contribution in [2.24, 2.45) is 5.73 Å². The van der Waals surface area contributed by atoms with E-state index >= 15 is 0 Å². The maximum absolute atomic E-state index is 11.9. The number of benzene rings is 1. The van der Waals surface area contributed by atoms with E-state index < -0.39 is 10.0 Å². The van der Waals surface area contributed by atoms with Crippen molar-refractivity contribution in [3.8, 4) is 5.75 Å². The van der Waals surface area contributed by atoms with Gasteiger partial charge >= 0.3 is 0 Å². The Hall–Kier alpha value is -0.820. The number of sulfonamides is 1. The molecule has 0 aromatic heterocycles. The van der Waals surface area contributed by atoms with Gasteiger partial charge in [0.1, 0.15) is 5.75 Å². The Morgan fingerprint density at radius 3 is 2.56 bits per heavy atom. The molecule has 5 nitrogen and oxygen atoms in total. The van der Waals surface area contributed by atoms with Crippen LogP contribution in [0.1, 0.15) is 6.42 Å². The average molecular weight is 293 g/mol. The zero-order valence-electron chi connectivity index (χ0n) is 10.4. The third kappa shape index (κ3) is 3.58. The summed E-state index contributed by atoms with van der Waals surface area (Å²) in [5.41, 5.74) is 5.35. The van der Waals surface area contributed by atoms with Crippen molar-refractivity contribution in [1.29, 1.82) is 0 Å².